The Labute approximate surface area is 104 Å². The maximum absolute atomic E-state index is 13.5. The molecule has 0 bridgehead atoms. The molecule has 0 aromatic heterocycles. The van der Waals surface area contributed by atoms with Crippen molar-refractivity contribution >= 4 is 22.5 Å². The van der Waals surface area contributed by atoms with Crippen molar-refractivity contribution in [1.82, 2.24) is 0 Å². The van der Waals surface area contributed by atoms with Gasteiger partial charge in [-0.05, 0) is 47.8 Å². The number of halogens is 4. The van der Waals surface area contributed by atoms with E-state index in [1.807, 2.05) is 0 Å². The Hall–Kier alpha value is -1.43. The lowest BCUT2D eigenvalue weighted by Crippen LogP contribution is -2.01. The van der Waals surface area contributed by atoms with Gasteiger partial charge in [-0.1, -0.05) is 6.07 Å². The van der Waals surface area contributed by atoms with E-state index in [1.54, 1.807) is 0 Å². The first-order valence-corrected chi connectivity index (χ1v) is 5.77. The molecule has 0 atom stereocenters. The maximum atomic E-state index is 13.5. The zero-order valence-corrected chi connectivity index (χ0v) is 9.99. The van der Waals surface area contributed by atoms with E-state index in [9.17, 15) is 22.7 Å². The first-order valence-electron chi connectivity index (χ1n) is 4.95. The number of hydrogen-bond donors (Lipinski definition) is 1. The minimum atomic E-state index is -4.56. The van der Waals surface area contributed by atoms with Gasteiger partial charge in [-0.2, -0.15) is 13.2 Å². The molecule has 2 aromatic rings. The van der Waals surface area contributed by atoms with Crippen LogP contribution in [0.4, 0.5) is 17.6 Å². The van der Waals surface area contributed by atoms with E-state index in [-0.39, 0.29) is 11.1 Å². The van der Waals surface area contributed by atoms with E-state index in [0.29, 0.717) is 10.9 Å². The van der Waals surface area contributed by atoms with Gasteiger partial charge in [0.05, 0.1) is 4.90 Å². The number of rotatable bonds is 1. The second-order valence-corrected chi connectivity index (χ2v) is 4.86. The molecule has 1 N–H and O–H groups in total. The summed E-state index contributed by atoms with van der Waals surface area (Å²) in [6.45, 7) is 1.53. The Kier molecular flexibility index (Phi) is 3.14. The van der Waals surface area contributed by atoms with Crippen molar-refractivity contribution in [3.8, 4) is 5.75 Å². The number of aromatic hydroxyl groups is 1. The van der Waals surface area contributed by atoms with Crippen LogP contribution < -0.4 is 0 Å². The summed E-state index contributed by atoms with van der Waals surface area (Å²) < 4.78 is 50.8. The smallest absolute Gasteiger partial charge is 0.446 e. The quantitative estimate of drug-likeness (QED) is 0.606. The summed E-state index contributed by atoms with van der Waals surface area (Å²) in [7, 11) is 0. The second kappa shape index (κ2) is 4.35. The lowest BCUT2D eigenvalue weighted by atomic mass is 10.0. The molecule has 0 aliphatic carbocycles. The molecule has 0 aliphatic rings. The van der Waals surface area contributed by atoms with Crippen molar-refractivity contribution in [2.45, 2.75) is 17.3 Å². The van der Waals surface area contributed by atoms with Crippen LogP contribution in [-0.4, -0.2) is 10.6 Å². The number of hydrogen-bond acceptors (Lipinski definition) is 2. The number of fused-ring (bicyclic) bond motifs is 1. The van der Waals surface area contributed by atoms with Crippen LogP contribution in [0.15, 0.2) is 29.2 Å². The van der Waals surface area contributed by atoms with Crippen molar-refractivity contribution in [2.75, 3.05) is 0 Å². The van der Waals surface area contributed by atoms with Gasteiger partial charge in [-0.3, -0.25) is 0 Å². The molecule has 0 saturated heterocycles. The normalized spacial score (nSPS) is 12.1. The van der Waals surface area contributed by atoms with E-state index < -0.39 is 28.0 Å². The van der Waals surface area contributed by atoms with Crippen LogP contribution in [0, 0.1) is 12.7 Å². The minimum Gasteiger partial charge on any atom is -0.508 e. The molecule has 0 saturated carbocycles. The van der Waals surface area contributed by atoms with Gasteiger partial charge in [0.2, 0.25) is 0 Å². The predicted molar refractivity (Wildman–Crippen MR) is 62.2 cm³/mol. The Morgan fingerprint density at radius 1 is 1.17 bits per heavy atom. The standard InChI is InChI=1S/C12H8F4OS/c1-6-4-8(17)5-7-2-3-9(13)11(10(6)7)18-12(14,15)16/h2-5,17H,1H3. The second-order valence-electron chi connectivity index (χ2n) is 3.79. The predicted octanol–water partition coefficient (Wildman–Crippen LogP) is 4.60. The SMILES string of the molecule is Cc1cc(O)cc2ccc(F)c(SC(F)(F)F)c12. The molecule has 0 spiro atoms. The summed E-state index contributed by atoms with van der Waals surface area (Å²) >= 11 is -0.480. The Bertz CT molecular complexity index is 607. The van der Waals surface area contributed by atoms with E-state index >= 15 is 0 Å². The fourth-order valence-corrected chi connectivity index (χ4v) is 2.59. The molecule has 0 heterocycles. The van der Waals surface area contributed by atoms with Crippen molar-refractivity contribution in [1.29, 1.82) is 0 Å². The summed E-state index contributed by atoms with van der Waals surface area (Å²) in [5, 5.41) is 9.93. The zero-order valence-electron chi connectivity index (χ0n) is 9.18. The summed E-state index contributed by atoms with van der Waals surface area (Å²) in [5.74, 6) is -0.979. The van der Waals surface area contributed by atoms with Gasteiger partial charge < -0.3 is 5.11 Å². The van der Waals surface area contributed by atoms with Crippen LogP contribution in [0.25, 0.3) is 10.8 Å². The van der Waals surface area contributed by atoms with Gasteiger partial charge in [0.1, 0.15) is 11.6 Å². The number of benzene rings is 2. The van der Waals surface area contributed by atoms with E-state index in [0.717, 1.165) is 6.07 Å². The average molecular weight is 276 g/mol. The highest BCUT2D eigenvalue weighted by Crippen LogP contribution is 2.43. The van der Waals surface area contributed by atoms with Crippen LogP contribution in [0.5, 0.6) is 5.75 Å². The van der Waals surface area contributed by atoms with Crippen LogP contribution >= 0.6 is 11.8 Å². The van der Waals surface area contributed by atoms with Crippen molar-refractivity contribution < 1.29 is 22.7 Å². The largest absolute Gasteiger partial charge is 0.508 e. The van der Waals surface area contributed by atoms with E-state index in [2.05, 4.69) is 0 Å². The van der Waals surface area contributed by atoms with E-state index in [1.165, 1.54) is 25.1 Å². The van der Waals surface area contributed by atoms with Crippen LogP contribution in [-0.2, 0) is 0 Å². The number of phenols is 1. The molecular weight excluding hydrogens is 268 g/mol. The van der Waals surface area contributed by atoms with Crippen LogP contribution in [0.2, 0.25) is 0 Å². The van der Waals surface area contributed by atoms with Gasteiger partial charge in [-0.15, -0.1) is 0 Å². The number of aryl methyl sites for hydroxylation is 1. The average Bonchev–Trinajstić information content (AvgIpc) is 2.20. The lowest BCUT2D eigenvalue weighted by Gasteiger charge is -2.12. The summed E-state index contributed by atoms with van der Waals surface area (Å²) in [4.78, 5) is -0.461. The molecular formula is C12H8F4OS. The molecule has 0 unspecified atom stereocenters. The fraction of sp³-hybridized carbons (Fsp3) is 0.167. The third kappa shape index (κ3) is 2.53. The van der Waals surface area contributed by atoms with Gasteiger partial charge in [0.15, 0.2) is 0 Å². The zero-order chi connectivity index (χ0) is 13.5. The van der Waals surface area contributed by atoms with E-state index in [4.69, 9.17) is 0 Å². The highest BCUT2D eigenvalue weighted by molar-refractivity contribution is 8.00. The molecule has 0 amide bonds. The first-order chi connectivity index (χ1) is 8.28. The molecule has 0 fully saturated rings. The first kappa shape index (κ1) is 13.0. The number of phenolic OH excluding ortho intramolecular Hbond substituents is 1. The van der Waals surface area contributed by atoms with Crippen molar-refractivity contribution in [3.63, 3.8) is 0 Å². The molecule has 6 heteroatoms. The van der Waals surface area contributed by atoms with Gasteiger partial charge >= 0.3 is 5.51 Å². The summed E-state index contributed by atoms with van der Waals surface area (Å²) in [5.41, 5.74) is -4.16. The summed E-state index contributed by atoms with van der Waals surface area (Å²) in [6, 6.07) is 4.93. The highest BCUT2D eigenvalue weighted by atomic mass is 32.2. The molecule has 96 valence electrons. The van der Waals surface area contributed by atoms with Crippen molar-refractivity contribution in [3.05, 3.63) is 35.6 Å². The maximum Gasteiger partial charge on any atom is 0.446 e. The molecule has 2 rings (SSSR count). The van der Waals surface area contributed by atoms with Crippen LogP contribution in [0.3, 0.4) is 0 Å². The Morgan fingerprint density at radius 3 is 2.44 bits per heavy atom. The molecule has 1 nitrogen and oxygen atoms in total. The molecule has 2 aromatic carbocycles. The number of thioether (sulfide) groups is 1. The molecule has 0 radical (unpaired) electrons. The third-order valence-corrected chi connectivity index (χ3v) is 3.26. The number of alkyl halides is 3. The minimum absolute atomic E-state index is 0.0606. The molecule has 0 aliphatic heterocycles. The molecule has 18 heavy (non-hydrogen) atoms. The Balaban J connectivity index is 2.74. The van der Waals surface area contributed by atoms with Gasteiger partial charge in [0, 0.05) is 5.39 Å². The summed E-state index contributed by atoms with van der Waals surface area (Å²) in [6.07, 6.45) is 0. The Morgan fingerprint density at radius 2 is 1.83 bits per heavy atom. The van der Waals surface area contributed by atoms with Crippen molar-refractivity contribution in [2.24, 2.45) is 0 Å². The van der Waals surface area contributed by atoms with Gasteiger partial charge in [0.25, 0.3) is 0 Å². The topological polar surface area (TPSA) is 20.2 Å². The fourth-order valence-electron chi connectivity index (χ4n) is 1.81. The lowest BCUT2D eigenvalue weighted by molar-refractivity contribution is -0.0328. The monoisotopic (exact) mass is 276 g/mol. The highest BCUT2D eigenvalue weighted by Gasteiger charge is 2.32. The third-order valence-electron chi connectivity index (χ3n) is 2.42. The van der Waals surface area contributed by atoms with Crippen LogP contribution in [0.1, 0.15) is 5.56 Å². The van der Waals surface area contributed by atoms with Gasteiger partial charge in [-0.25, -0.2) is 4.39 Å².